The number of rotatable bonds is 6. The third-order valence-electron chi connectivity index (χ3n) is 4.61. The number of esters is 1. The summed E-state index contributed by atoms with van der Waals surface area (Å²) in [6.45, 7) is 3.12. The van der Waals surface area contributed by atoms with Gasteiger partial charge in [0.05, 0.1) is 39.2 Å². The molecule has 0 saturated carbocycles. The molecule has 9 heteroatoms. The second-order valence-corrected chi connectivity index (χ2v) is 6.39. The Morgan fingerprint density at radius 2 is 2.15 bits per heavy atom. The molecule has 3 heterocycles. The third kappa shape index (κ3) is 4.37. The van der Waals surface area contributed by atoms with E-state index in [-0.39, 0.29) is 12.2 Å². The topological polar surface area (TPSA) is 107 Å². The Bertz CT molecular complexity index is 853. The van der Waals surface area contributed by atoms with Crippen LogP contribution in [0.5, 0.6) is 5.75 Å². The van der Waals surface area contributed by atoms with Crippen molar-refractivity contribution in [3.05, 3.63) is 45.8 Å². The molecule has 0 aromatic carbocycles. The van der Waals surface area contributed by atoms with E-state index < -0.39 is 23.1 Å². The van der Waals surface area contributed by atoms with E-state index in [1.165, 1.54) is 13.2 Å². The highest BCUT2D eigenvalue weighted by atomic mass is 16.5. The molecule has 1 N–H and O–H groups in total. The first-order valence-corrected chi connectivity index (χ1v) is 8.70. The summed E-state index contributed by atoms with van der Waals surface area (Å²) in [5.41, 5.74) is 0.0823. The Kier molecular flexibility index (Phi) is 5.92. The SMILES string of the molecule is COC(=O)CC(c1oc(CN2CCOCC2)cc(=O)c1O)c1ccnn1C. The molecule has 1 saturated heterocycles. The molecule has 146 valence electrons. The van der Waals surface area contributed by atoms with Crippen molar-refractivity contribution < 1.29 is 23.8 Å². The second kappa shape index (κ2) is 8.36. The van der Waals surface area contributed by atoms with E-state index in [1.54, 1.807) is 24.0 Å². The summed E-state index contributed by atoms with van der Waals surface area (Å²) >= 11 is 0. The van der Waals surface area contributed by atoms with Gasteiger partial charge in [-0.25, -0.2) is 0 Å². The maximum absolute atomic E-state index is 12.3. The molecule has 27 heavy (non-hydrogen) atoms. The lowest BCUT2D eigenvalue weighted by Gasteiger charge is -2.26. The zero-order valence-corrected chi connectivity index (χ0v) is 15.4. The number of hydrogen-bond acceptors (Lipinski definition) is 8. The van der Waals surface area contributed by atoms with Crippen molar-refractivity contribution in [2.24, 2.45) is 7.05 Å². The lowest BCUT2D eigenvalue weighted by Crippen LogP contribution is -2.35. The van der Waals surface area contributed by atoms with Crippen LogP contribution in [0.1, 0.15) is 29.6 Å². The summed E-state index contributed by atoms with van der Waals surface area (Å²) in [7, 11) is 3.00. The number of aromatic hydroxyl groups is 1. The highest BCUT2D eigenvalue weighted by molar-refractivity contribution is 5.71. The van der Waals surface area contributed by atoms with Crippen LogP contribution >= 0.6 is 0 Å². The van der Waals surface area contributed by atoms with Crippen molar-refractivity contribution in [3.8, 4) is 5.75 Å². The Morgan fingerprint density at radius 3 is 2.78 bits per heavy atom. The van der Waals surface area contributed by atoms with Gasteiger partial charge in [0.1, 0.15) is 5.76 Å². The normalized spacial score (nSPS) is 16.2. The average Bonchev–Trinajstić information content (AvgIpc) is 3.09. The van der Waals surface area contributed by atoms with Gasteiger partial charge >= 0.3 is 5.97 Å². The summed E-state index contributed by atoms with van der Waals surface area (Å²) in [5.74, 6) is -1.22. The van der Waals surface area contributed by atoms with Crippen molar-refractivity contribution in [1.29, 1.82) is 0 Å². The molecule has 0 radical (unpaired) electrons. The molecule has 1 fully saturated rings. The number of carbonyl (C=O) groups is 1. The summed E-state index contributed by atoms with van der Waals surface area (Å²) in [6.07, 6.45) is 1.49. The van der Waals surface area contributed by atoms with Crippen LogP contribution < -0.4 is 5.43 Å². The van der Waals surface area contributed by atoms with Crippen LogP contribution in [-0.2, 0) is 27.9 Å². The standard InChI is InChI=1S/C18H23N3O6/c1-20-14(3-4-19-20)13(10-16(23)25-2)18-17(24)15(22)9-12(27-18)11-21-5-7-26-8-6-21/h3-4,9,13,24H,5-8,10-11H2,1-2H3. The maximum atomic E-state index is 12.3. The number of carbonyl (C=O) groups excluding carboxylic acids is 1. The highest BCUT2D eigenvalue weighted by Crippen LogP contribution is 2.33. The molecule has 1 aliphatic rings. The van der Waals surface area contributed by atoms with Crippen LogP contribution in [-0.4, -0.2) is 59.2 Å². The molecule has 0 aliphatic carbocycles. The van der Waals surface area contributed by atoms with E-state index in [9.17, 15) is 14.7 Å². The lowest BCUT2D eigenvalue weighted by molar-refractivity contribution is -0.141. The number of ether oxygens (including phenoxy) is 2. The molecule has 0 spiro atoms. The van der Waals surface area contributed by atoms with E-state index in [0.29, 0.717) is 31.2 Å². The third-order valence-corrected chi connectivity index (χ3v) is 4.61. The molecule has 1 aliphatic heterocycles. The molecule has 2 aromatic heterocycles. The van der Waals surface area contributed by atoms with Crippen LogP contribution in [0.15, 0.2) is 27.5 Å². The van der Waals surface area contributed by atoms with Gasteiger partial charge in [0.25, 0.3) is 0 Å². The van der Waals surface area contributed by atoms with Gasteiger partial charge in [-0.2, -0.15) is 5.10 Å². The van der Waals surface area contributed by atoms with Crippen molar-refractivity contribution in [2.75, 3.05) is 33.4 Å². The van der Waals surface area contributed by atoms with Crippen LogP contribution in [0.2, 0.25) is 0 Å². The first-order chi connectivity index (χ1) is 13.0. The van der Waals surface area contributed by atoms with Gasteiger partial charge in [-0.1, -0.05) is 0 Å². The number of methoxy groups -OCH3 is 1. The predicted molar refractivity (Wildman–Crippen MR) is 94.4 cm³/mol. The Hall–Kier alpha value is -2.65. The minimum absolute atomic E-state index is 0.0414. The molecular weight excluding hydrogens is 354 g/mol. The zero-order chi connectivity index (χ0) is 19.4. The number of hydrogen-bond donors (Lipinski definition) is 1. The molecule has 9 nitrogen and oxygen atoms in total. The predicted octanol–water partition coefficient (Wildman–Crippen LogP) is 0.606. The minimum Gasteiger partial charge on any atom is -0.502 e. The Labute approximate surface area is 156 Å². The largest absolute Gasteiger partial charge is 0.502 e. The smallest absolute Gasteiger partial charge is 0.306 e. The van der Waals surface area contributed by atoms with Crippen molar-refractivity contribution >= 4 is 5.97 Å². The summed E-state index contributed by atoms with van der Waals surface area (Å²) < 4.78 is 17.6. The molecule has 2 aromatic rings. The molecule has 0 bridgehead atoms. The fraction of sp³-hybridized carbons (Fsp3) is 0.500. The van der Waals surface area contributed by atoms with Gasteiger partial charge in [0.2, 0.25) is 11.2 Å². The Morgan fingerprint density at radius 1 is 1.41 bits per heavy atom. The number of aromatic nitrogens is 2. The minimum atomic E-state index is -0.692. The fourth-order valence-electron chi connectivity index (χ4n) is 3.16. The van der Waals surface area contributed by atoms with Crippen molar-refractivity contribution in [2.45, 2.75) is 18.9 Å². The fourth-order valence-corrected chi connectivity index (χ4v) is 3.16. The Balaban J connectivity index is 1.98. The van der Waals surface area contributed by atoms with Crippen molar-refractivity contribution in [1.82, 2.24) is 14.7 Å². The van der Waals surface area contributed by atoms with E-state index in [2.05, 4.69) is 10.00 Å². The van der Waals surface area contributed by atoms with Gasteiger partial charge in [-0.15, -0.1) is 0 Å². The molecule has 1 unspecified atom stereocenters. The molecule has 1 atom stereocenters. The van der Waals surface area contributed by atoms with E-state index >= 15 is 0 Å². The maximum Gasteiger partial charge on any atom is 0.306 e. The van der Waals surface area contributed by atoms with Gasteiger partial charge in [0.15, 0.2) is 5.76 Å². The van der Waals surface area contributed by atoms with E-state index in [0.717, 1.165) is 13.1 Å². The molecular formula is C18H23N3O6. The monoisotopic (exact) mass is 377 g/mol. The molecule has 0 amide bonds. The lowest BCUT2D eigenvalue weighted by atomic mass is 9.97. The summed E-state index contributed by atoms with van der Waals surface area (Å²) in [5, 5.41) is 14.5. The van der Waals surface area contributed by atoms with Crippen LogP contribution in [0.4, 0.5) is 0 Å². The second-order valence-electron chi connectivity index (χ2n) is 6.39. The molecule has 3 rings (SSSR count). The quantitative estimate of drug-likeness (QED) is 0.730. The van der Waals surface area contributed by atoms with Crippen LogP contribution in [0.3, 0.4) is 0 Å². The van der Waals surface area contributed by atoms with Gasteiger partial charge < -0.3 is 19.0 Å². The highest BCUT2D eigenvalue weighted by Gasteiger charge is 2.29. The number of morpholine rings is 1. The first-order valence-electron chi connectivity index (χ1n) is 8.70. The summed E-state index contributed by atoms with van der Waals surface area (Å²) in [6, 6.07) is 2.99. The van der Waals surface area contributed by atoms with E-state index in [1.807, 2.05) is 0 Å². The number of nitrogens with zero attached hydrogens (tertiary/aromatic N) is 3. The first kappa shape index (κ1) is 19.1. The van der Waals surface area contributed by atoms with Gasteiger partial charge in [-0.3, -0.25) is 19.2 Å². The van der Waals surface area contributed by atoms with Crippen molar-refractivity contribution in [3.63, 3.8) is 0 Å². The van der Waals surface area contributed by atoms with Crippen LogP contribution in [0.25, 0.3) is 0 Å². The number of aryl methyl sites for hydroxylation is 1. The van der Waals surface area contributed by atoms with Gasteiger partial charge in [0, 0.05) is 38.1 Å². The average molecular weight is 377 g/mol. The van der Waals surface area contributed by atoms with Crippen LogP contribution in [0, 0.1) is 0 Å². The summed E-state index contributed by atoms with van der Waals surface area (Å²) in [4.78, 5) is 26.3. The van der Waals surface area contributed by atoms with E-state index in [4.69, 9.17) is 13.9 Å². The zero-order valence-electron chi connectivity index (χ0n) is 15.4. The van der Waals surface area contributed by atoms with Gasteiger partial charge in [-0.05, 0) is 6.07 Å².